The summed E-state index contributed by atoms with van der Waals surface area (Å²) in [5.74, 6) is -0.682. The lowest BCUT2D eigenvalue weighted by Gasteiger charge is -2.06. The highest BCUT2D eigenvalue weighted by Gasteiger charge is 2.29. The van der Waals surface area contributed by atoms with E-state index in [0.717, 1.165) is 23.9 Å². The molecule has 1 fully saturated rings. The van der Waals surface area contributed by atoms with Crippen LogP contribution in [0, 0.1) is 10.1 Å². The summed E-state index contributed by atoms with van der Waals surface area (Å²) in [5, 5.41) is 20.6. The fraction of sp³-hybridized carbons (Fsp3) is 0.357. The van der Waals surface area contributed by atoms with Gasteiger partial charge in [0.15, 0.2) is 0 Å². The number of fused-ring (bicyclic) bond motifs is 1. The van der Waals surface area contributed by atoms with E-state index in [1.54, 1.807) is 12.3 Å². The predicted molar refractivity (Wildman–Crippen MR) is 76.2 cm³/mol. The first-order valence-electron chi connectivity index (χ1n) is 6.74. The maximum Gasteiger partial charge on any atom is 0.320 e. The average molecular weight is 289 g/mol. The number of non-ortho nitro benzene ring substituents is 1. The molecule has 3 rings (SSSR count). The van der Waals surface area contributed by atoms with Gasteiger partial charge in [-0.1, -0.05) is 0 Å². The third-order valence-corrected chi connectivity index (χ3v) is 3.90. The van der Waals surface area contributed by atoms with Gasteiger partial charge in [-0.25, -0.2) is 0 Å². The van der Waals surface area contributed by atoms with E-state index in [4.69, 9.17) is 10.8 Å². The average Bonchev–Trinajstić information content (AvgIpc) is 3.19. The summed E-state index contributed by atoms with van der Waals surface area (Å²) >= 11 is 0. The van der Waals surface area contributed by atoms with Crippen LogP contribution >= 0.6 is 0 Å². The maximum atomic E-state index is 11.2. The van der Waals surface area contributed by atoms with Gasteiger partial charge in [-0.15, -0.1) is 0 Å². The van der Waals surface area contributed by atoms with E-state index in [0.29, 0.717) is 16.9 Å². The third kappa shape index (κ3) is 2.36. The molecule has 1 saturated carbocycles. The number of carbonyl (C=O) groups is 1. The maximum absolute atomic E-state index is 11.2. The molecule has 2 aromatic rings. The Bertz CT molecular complexity index is 733. The van der Waals surface area contributed by atoms with Crippen molar-refractivity contribution in [2.45, 2.75) is 31.2 Å². The van der Waals surface area contributed by atoms with E-state index in [1.807, 2.05) is 0 Å². The molecule has 4 N–H and O–H groups in total. The van der Waals surface area contributed by atoms with Gasteiger partial charge in [0, 0.05) is 18.7 Å². The van der Waals surface area contributed by atoms with Gasteiger partial charge in [-0.3, -0.25) is 14.9 Å². The van der Waals surface area contributed by atoms with E-state index < -0.39 is 16.9 Å². The molecule has 0 spiro atoms. The minimum atomic E-state index is -1.12. The number of nitro benzene ring substituents is 1. The van der Waals surface area contributed by atoms with Crippen LogP contribution in [0.4, 0.5) is 5.69 Å². The van der Waals surface area contributed by atoms with Gasteiger partial charge in [0.05, 0.1) is 15.8 Å². The molecule has 0 saturated heterocycles. The molecule has 0 bridgehead atoms. The second-order valence-corrected chi connectivity index (χ2v) is 5.42. The zero-order chi connectivity index (χ0) is 15.1. The number of nitrogens with zero attached hydrogens (tertiary/aromatic N) is 1. The lowest BCUT2D eigenvalue weighted by atomic mass is 10.0. The molecule has 1 aromatic heterocycles. The second-order valence-electron chi connectivity index (χ2n) is 5.42. The molecule has 1 atom stereocenters. The van der Waals surface area contributed by atoms with Crippen molar-refractivity contribution in [2.75, 3.05) is 0 Å². The molecule has 1 aliphatic carbocycles. The summed E-state index contributed by atoms with van der Waals surface area (Å²) in [5.41, 5.74) is 7.92. The molecule has 1 unspecified atom stereocenters. The number of H-pyrrole nitrogens is 1. The lowest BCUT2D eigenvalue weighted by molar-refractivity contribution is -0.383. The van der Waals surface area contributed by atoms with Crippen molar-refractivity contribution in [1.29, 1.82) is 0 Å². The number of aromatic nitrogens is 1. The number of carboxylic acid groups (broad SMARTS) is 1. The number of nitrogens with one attached hydrogen (secondary N) is 1. The highest BCUT2D eigenvalue weighted by Crippen LogP contribution is 2.45. The minimum Gasteiger partial charge on any atom is -0.480 e. The van der Waals surface area contributed by atoms with Crippen molar-refractivity contribution in [3.63, 3.8) is 0 Å². The van der Waals surface area contributed by atoms with Crippen LogP contribution in [0.15, 0.2) is 18.3 Å². The molecule has 0 amide bonds. The van der Waals surface area contributed by atoms with Gasteiger partial charge < -0.3 is 15.8 Å². The Morgan fingerprint density at radius 2 is 2.24 bits per heavy atom. The summed E-state index contributed by atoms with van der Waals surface area (Å²) in [6.07, 6.45) is 3.85. The quantitative estimate of drug-likeness (QED) is 0.573. The standard InChI is InChI=1S/C14H15N3O4/c15-10(14(18)19)5-8-6-16-13-9(7-1-2-7)3-4-11(12(8)13)17(20)21/h3-4,6-7,10,16H,1-2,5,15H2,(H,18,19). The number of nitro groups is 1. The summed E-state index contributed by atoms with van der Waals surface area (Å²) < 4.78 is 0. The van der Waals surface area contributed by atoms with Gasteiger partial charge in [0.1, 0.15) is 6.04 Å². The third-order valence-electron chi connectivity index (χ3n) is 3.90. The topological polar surface area (TPSA) is 122 Å². The Hall–Kier alpha value is -2.41. The number of rotatable bonds is 5. The predicted octanol–water partition coefficient (Wildman–Crippen LogP) is 1.91. The second kappa shape index (κ2) is 4.85. The fourth-order valence-electron chi connectivity index (χ4n) is 2.69. The molecule has 21 heavy (non-hydrogen) atoms. The van der Waals surface area contributed by atoms with E-state index in [9.17, 15) is 14.9 Å². The first-order valence-corrected chi connectivity index (χ1v) is 6.74. The highest BCUT2D eigenvalue weighted by atomic mass is 16.6. The van der Waals surface area contributed by atoms with Gasteiger partial charge in [0.2, 0.25) is 0 Å². The van der Waals surface area contributed by atoms with Crippen LogP contribution in [0.25, 0.3) is 10.9 Å². The van der Waals surface area contributed by atoms with Crippen molar-refractivity contribution in [3.05, 3.63) is 39.6 Å². The SMILES string of the molecule is NC(Cc1c[nH]c2c(C3CC3)ccc([N+](=O)[O-])c12)C(=O)O. The minimum absolute atomic E-state index is 0.0109. The molecule has 1 heterocycles. The zero-order valence-electron chi connectivity index (χ0n) is 11.2. The van der Waals surface area contributed by atoms with Crippen LogP contribution in [-0.2, 0) is 11.2 Å². The van der Waals surface area contributed by atoms with Gasteiger partial charge in [-0.2, -0.15) is 0 Å². The monoisotopic (exact) mass is 289 g/mol. The van der Waals surface area contributed by atoms with Crippen molar-refractivity contribution in [3.8, 4) is 0 Å². The molecule has 110 valence electrons. The molecular weight excluding hydrogens is 274 g/mol. The van der Waals surface area contributed by atoms with Crippen molar-refractivity contribution >= 4 is 22.6 Å². The Balaban J connectivity index is 2.14. The van der Waals surface area contributed by atoms with Crippen LogP contribution in [0.5, 0.6) is 0 Å². The van der Waals surface area contributed by atoms with Crippen LogP contribution in [-0.4, -0.2) is 27.0 Å². The normalized spacial score (nSPS) is 16.0. The van der Waals surface area contributed by atoms with Gasteiger partial charge >= 0.3 is 5.97 Å². The van der Waals surface area contributed by atoms with Gasteiger partial charge in [-0.05, 0) is 36.0 Å². The molecule has 7 heteroatoms. The summed E-state index contributed by atoms with van der Waals surface area (Å²) in [6, 6.07) is 2.21. The summed E-state index contributed by atoms with van der Waals surface area (Å²) in [4.78, 5) is 24.7. The van der Waals surface area contributed by atoms with E-state index >= 15 is 0 Å². The first-order chi connectivity index (χ1) is 9.99. The van der Waals surface area contributed by atoms with Crippen LogP contribution < -0.4 is 5.73 Å². The Morgan fingerprint density at radius 3 is 2.81 bits per heavy atom. The van der Waals surface area contributed by atoms with E-state index in [2.05, 4.69) is 4.98 Å². The molecule has 1 aromatic carbocycles. The Labute approximate surface area is 119 Å². The van der Waals surface area contributed by atoms with Crippen molar-refractivity contribution in [2.24, 2.45) is 5.73 Å². The summed E-state index contributed by atoms with van der Waals surface area (Å²) in [6.45, 7) is 0. The lowest BCUT2D eigenvalue weighted by Crippen LogP contribution is -2.32. The van der Waals surface area contributed by atoms with Crippen molar-refractivity contribution in [1.82, 2.24) is 4.98 Å². The molecular formula is C14H15N3O4. The molecule has 1 aliphatic rings. The number of aromatic amines is 1. The number of benzene rings is 1. The smallest absolute Gasteiger partial charge is 0.320 e. The number of hydrogen-bond donors (Lipinski definition) is 3. The number of aliphatic carboxylic acids is 1. The Kier molecular flexibility index (Phi) is 3.13. The van der Waals surface area contributed by atoms with Crippen LogP contribution in [0.3, 0.4) is 0 Å². The van der Waals surface area contributed by atoms with E-state index in [1.165, 1.54) is 6.07 Å². The molecule has 0 aliphatic heterocycles. The number of hydrogen-bond acceptors (Lipinski definition) is 4. The first kappa shape index (κ1) is 13.6. The zero-order valence-corrected chi connectivity index (χ0v) is 11.2. The van der Waals surface area contributed by atoms with Crippen LogP contribution in [0.2, 0.25) is 0 Å². The Morgan fingerprint density at radius 1 is 1.52 bits per heavy atom. The largest absolute Gasteiger partial charge is 0.480 e. The number of carboxylic acids is 1. The van der Waals surface area contributed by atoms with Crippen LogP contribution in [0.1, 0.15) is 29.9 Å². The number of nitrogens with two attached hydrogens (primary N) is 1. The van der Waals surface area contributed by atoms with Gasteiger partial charge in [0.25, 0.3) is 5.69 Å². The highest BCUT2D eigenvalue weighted by molar-refractivity contribution is 5.95. The van der Waals surface area contributed by atoms with E-state index in [-0.39, 0.29) is 12.1 Å². The van der Waals surface area contributed by atoms with Crippen molar-refractivity contribution < 1.29 is 14.8 Å². The molecule has 0 radical (unpaired) electrons. The molecule has 7 nitrogen and oxygen atoms in total. The fourth-order valence-corrected chi connectivity index (χ4v) is 2.69. The summed E-state index contributed by atoms with van der Waals surface area (Å²) in [7, 11) is 0.